The molecule has 0 radical (unpaired) electrons. The summed E-state index contributed by atoms with van der Waals surface area (Å²) in [7, 11) is 0. The molecule has 0 saturated carbocycles. The van der Waals surface area contributed by atoms with Crippen molar-refractivity contribution in [3.63, 3.8) is 0 Å². The first kappa shape index (κ1) is 34.0. The van der Waals surface area contributed by atoms with E-state index in [1.54, 1.807) is 49.1 Å². The van der Waals surface area contributed by atoms with Gasteiger partial charge in [-0.05, 0) is 38.1 Å². The molecular formula is C14H14Cl4N2O2Pt. The topological polar surface area (TPSA) is 59.9 Å². The summed E-state index contributed by atoms with van der Waals surface area (Å²) >= 11 is 0. The fraction of sp³-hybridized carbons (Fsp3) is 0.143. The van der Waals surface area contributed by atoms with E-state index in [1.807, 2.05) is 0 Å². The molecule has 130 valence electrons. The first-order valence-electron chi connectivity index (χ1n) is 5.43. The first-order valence-corrected chi connectivity index (χ1v) is 5.43. The maximum atomic E-state index is 10.6. The zero-order valence-electron chi connectivity index (χ0n) is 12.2. The number of ketones is 2. The molecule has 2 aromatic heterocycles. The average Bonchev–Trinajstić information content (AvgIpc) is 2.41. The molecule has 4 nitrogen and oxygen atoms in total. The second-order valence-corrected chi connectivity index (χ2v) is 3.58. The van der Waals surface area contributed by atoms with E-state index < -0.39 is 0 Å². The molecule has 0 aliphatic rings. The Labute approximate surface area is 175 Å². The minimum Gasteiger partial charge on any atom is -1.00 e. The van der Waals surface area contributed by atoms with Gasteiger partial charge in [0.2, 0.25) is 0 Å². The molecule has 0 N–H and O–H groups in total. The maximum Gasteiger partial charge on any atom is 4.00 e. The number of carbonyl (C=O) groups is 2. The van der Waals surface area contributed by atoms with E-state index in [-0.39, 0.29) is 82.3 Å². The zero-order valence-corrected chi connectivity index (χ0v) is 17.5. The Kier molecular flexibility index (Phi) is 28.8. The molecule has 0 aliphatic heterocycles. The quantitative estimate of drug-likeness (QED) is 0.332. The fourth-order valence-corrected chi connectivity index (χ4v) is 1.17. The average molecular weight is 579 g/mol. The Morgan fingerprint density at radius 2 is 0.870 bits per heavy atom. The van der Waals surface area contributed by atoms with Crippen LogP contribution in [0.25, 0.3) is 0 Å². The van der Waals surface area contributed by atoms with E-state index in [0.29, 0.717) is 11.1 Å². The molecule has 0 fully saturated rings. The number of hydrogen-bond acceptors (Lipinski definition) is 4. The predicted molar refractivity (Wildman–Crippen MR) is 68.5 cm³/mol. The first-order chi connectivity index (χ1) is 8.61. The summed E-state index contributed by atoms with van der Waals surface area (Å²) in [6.07, 6.45) is 6.43. The van der Waals surface area contributed by atoms with E-state index in [9.17, 15) is 9.59 Å². The molecule has 0 saturated heterocycles. The van der Waals surface area contributed by atoms with Gasteiger partial charge >= 0.3 is 21.1 Å². The molecule has 2 aromatic rings. The third-order valence-corrected chi connectivity index (χ3v) is 2.17. The van der Waals surface area contributed by atoms with Gasteiger partial charge in [-0.3, -0.25) is 19.6 Å². The summed E-state index contributed by atoms with van der Waals surface area (Å²) in [6.45, 7) is 3.07. The summed E-state index contributed by atoms with van der Waals surface area (Å²) < 4.78 is 0. The zero-order chi connectivity index (χ0) is 13.4. The van der Waals surface area contributed by atoms with Crippen LogP contribution in [0.15, 0.2) is 49.1 Å². The van der Waals surface area contributed by atoms with Gasteiger partial charge < -0.3 is 49.6 Å². The molecule has 0 aliphatic carbocycles. The second kappa shape index (κ2) is 19.5. The second-order valence-electron chi connectivity index (χ2n) is 3.58. The van der Waals surface area contributed by atoms with Crippen molar-refractivity contribution in [2.75, 3.05) is 0 Å². The van der Waals surface area contributed by atoms with E-state index in [1.165, 1.54) is 13.8 Å². The van der Waals surface area contributed by atoms with Gasteiger partial charge in [-0.2, -0.15) is 0 Å². The Balaban J connectivity index is -0.0000000771. The van der Waals surface area contributed by atoms with Crippen molar-refractivity contribution in [3.05, 3.63) is 60.2 Å². The number of hydrogen-bond donors (Lipinski definition) is 0. The van der Waals surface area contributed by atoms with Gasteiger partial charge in [-0.15, -0.1) is 0 Å². The SMILES string of the molecule is CC(=O)c1ccncc1.CC(=O)c1ccncc1.[Cl-].[Cl-].[Cl-].[Cl-].[Pt+4]. The van der Waals surface area contributed by atoms with Gasteiger partial charge in [-0.25, -0.2) is 0 Å². The van der Waals surface area contributed by atoms with Crippen LogP contribution < -0.4 is 49.6 Å². The number of Topliss-reactive ketones (excluding diaryl/α,β-unsaturated/α-hetero) is 2. The number of carbonyl (C=O) groups excluding carboxylic acids is 2. The van der Waals surface area contributed by atoms with Crippen molar-refractivity contribution < 1.29 is 80.3 Å². The third kappa shape index (κ3) is 14.8. The summed E-state index contributed by atoms with van der Waals surface area (Å²) in [5, 5.41) is 0. The van der Waals surface area contributed by atoms with Gasteiger partial charge in [0.1, 0.15) is 0 Å². The Morgan fingerprint density at radius 3 is 1.00 bits per heavy atom. The number of halogens is 4. The molecular weight excluding hydrogens is 565 g/mol. The Bertz CT molecular complexity index is 481. The molecule has 9 heteroatoms. The minimum absolute atomic E-state index is 0. The molecule has 2 rings (SSSR count). The fourth-order valence-electron chi connectivity index (χ4n) is 1.17. The normalized spacial score (nSPS) is 7.04. The van der Waals surface area contributed by atoms with Crippen LogP contribution >= 0.6 is 0 Å². The summed E-state index contributed by atoms with van der Waals surface area (Å²) in [5.41, 5.74) is 1.43. The van der Waals surface area contributed by atoms with Crippen LogP contribution in [0.3, 0.4) is 0 Å². The van der Waals surface area contributed by atoms with Crippen LogP contribution in [0, 0.1) is 0 Å². The van der Waals surface area contributed by atoms with Crippen LogP contribution in [0.5, 0.6) is 0 Å². The molecule has 0 unspecified atom stereocenters. The maximum absolute atomic E-state index is 10.6. The monoisotopic (exact) mass is 577 g/mol. The molecule has 0 amide bonds. The summed E-state index contributed by atoms with van der Waals surface area (Å²) in [5.74, 6) is 0.162. The molecule has 0 bridgehead atoms. The third-order valence-electron chi connectivity index (χ3n) is 2.17. The number of rotatable bonds is 2. The molecule has 2 heterocycles. The van der Waals surface area contributed by atoms with Gasteiger partial charge in [0, 0.05) is 35.9 Å². The van der Waals surface area contributed by atoms with Crippen molar-refractivity contribution in [2.45, 2.75) is 13.8 Å². The molecule has 0 spiro atoms. The van der Waals surface area contributed by atoms with Crippen molar-refractivity contribution in [1.29, 1.82) is 0 Å². The van der Waals surface area contributed by atoms with Crippen LogP contribution in [-0.4, -0.2) is 21.5 Å². The van der Waals surface area contributed by atoms with Crippen LogP contribution in [0.1, 0.15) is 34.6 Å². The van der Waals surface area contributed by atoms with Gasteiger partial charge in [-0.1, -0.05) is 0 Å². The van der Waals surface area contributed by atoms with Gasteiger partial charge in [0.15, 0.2) is 11.6 Å². The van der Waals surface area contributed by atoms with E-state index in [0.717, 1.165) is 0 Å². The van der Waals surface area contributed by atoms with E-state index in [2.05, 4.69) is 9.97 Å². The van der Waals surface area contributed by atoms with Crippen LogP contribution in [-0.2, 0) is 21.1 Å². The summed E-state index contributed by atoms with van der Waals surface area (Å²) in [6, 6.07) is 6.79. The minimum atomic E-state index is 0. The molecule has 0 aromatic carbocycles. The van der Waals surface area contributed by atoms with Crippen LogP contribution in [0.2, 0.25) is 0 Å². The van der Waals surface area contributed by atoms with Gasteiger partial charge in [0.25, 0.3) is 0 Å². The van der Waals surface area contributed by atoms with Crippen molar-refractivity contribution in [1.82, 2.24) is 9.97 Å². The molecule has 23 heavy (non-hydrogen) atoms. The van der Waals surface area contributed by atoms with Crippen molar-refractivity contribution >= 4 is 11.6 Å². The predicted octanol–water partition coefficient (Wildman–Crippen LogP) is -9.42. The van der Waals surface area contributed by atoms with E-state index in [4.69, 9.17) is 0 Å². The Hall–Kier alpha value is -0.512. The summed E-state index contributed by atoms with van der Waals surface area (Å²) in [4.78, 5) is 28.8. The number of nitrogens with zero attached hydrogens (tertiary/aromatic N) is 2. The molecule has 0 atom stereocenters. The number of pyridine rings is 2. The smallest absolute Gasteiger partial charge is 1.00 e. The van der Waals surface area contributed by atoms with Crippen molar-refractivity contribution in [2.24, 2.45) is 0 Å². The van der Waals surface area contributed by atoms with Gasteiger partial charge in [0.05, 0.1) is 0 Å². The largest absolute Gasteiger partial charge is 4.00 e. The standard InChI is InChI=1S/2C7H7NO.4ClH.Pt/c2*1-6(9)7-2-4-8-5-3-7;;;;;/h2*2-5H,1H3;4*1H;/q;;;;;;+4/p-4. The number of aromatic nitrogens is 2. The van der Waals surface area contributed by atoms with Crippen LogP contribution in [0.4, 0.5) is 0 Å². The Morgan fingerprint density at radius 1 is 0.652 bits per heavy atom. The van der Waals surface area contributed by atoms with E-state index >= 15 is 0 Å². The van der Waals surface area contributed by atoms with Crippen molar-refractivity contribution in [3.8, 4) is 0 Å².